The molecule has 19 heavy (non-hydrogen) atoms. The summed E-state index contributed by atoms with van der Waals surface area (Å²) in [5.41, 5.74) is 0. The maximum absolute atomic E-state index is 11.1. The summed E-state index contributed by atoms with van der Waals surface area (Å²) in [5.74, 6) is -0.806. The van der Waals surface area contributed by atoms with Crippen molar-refractivity contribution in [1.29, 1.82) is 0 Å². The smallest absolute Gasteiger partial charge is 0.407 e. The van der Waals surface area contributed by atoms with Gasteiger partial charge in [-0.15, -0.1) is 0 Å². The second kappa shape index (κ2) is 4.24. The van der Waals surface area contributed by atoms with Gasteiger partial charge < -0.3 is 29.6 Å². The molecule has 2 N–H and O–H groups in total. The summed E-state index contributed by atoms with van der Waals surface area (Å²) in [5, 5.41) is 5.15. The Morgan fingerprint density at radius 3 is 1.68 bits per heavy atom. The van der Waals surface area contributed by atoms with E-state index in [-0.39, 0.29) is 0 Å². The molecule has 3 rings (SSSR count). The monoisotopic (exact) mass is 272 g/mol. The predicted molar refractivity (Wildman–Crippen MR) is 60.4 cm³/mol. The standard InChI is InChI=1S/C11H16N2O6/c1-11(2)18-7(5-3-12-9(14)16-5)8(19-11)6-4-13-10(15)17-6/h5-8H,3-4H2,1-2H3,(H,12,14)(H,13,15)/t5-,6-,7-,8-/m1/s1. The molecule has 2 amide bonds. The third-order valence-electron chi connectivity index (χ3n) is 3.31. The topological polar surface area (TPSA) is 95.1 Å². The van der Waals surface area contributed by atoms with E-state index in [1.807, 2.05) is 0 Å². The molecule has 8 nitrogen and oxygen atoms in total. The lowest BCUT2D eigenvalue weighted by atomic mass is 10.0. The van der Waals surface area contributed by atoms with Crippen LogP contribution in [-0.2, 0) is 18.9 Å². The van der Waals surface area contributed by atoms with Crippen LogP contribution in [0.15, 0.2) is 0 Å². The minimum absolute atomic E-state index is 0.355. The summed E-state index contributed by atoms with van der Waals surface area (Å²) >= 11 is 0. The maximum Gasteiger partial charge on any atom is 0.407 e. The molecule has 3 saturated heterocycles. The first-order valence-corrected chi connectivity index (χ1v) is 6.19. The van der Waals surface area contributed by atoms with Gasteiger partial charge in [0.15, 0.2) is 5.79 Å². The third-order valence-corrected chi connectivity index (χ3v) is 3.31. The van der Waals surface area contributed by atoms with Crippen LogP contribution in [0.25, 0.3) is 0 Å². The molecule has 0 unspecified atom stereocenters. The molecule has 8 heteroatoms. The zero-order valence-electron chi connectivity index (χ0n) is 10.7. The number of amides is 2. The first-order chi connectivity index (χ1) is 8.94. The molecule has 0 spiro atoms. The van der Waals surface area contributed by atoms with Crippen molar-refractivity contribution in [1.82, 2.24) is 10.6 Å². The van der Waals surface area contributed by atoms with Gasteiger partial charge in [0.05, 0.1) is 13.1 Å². The SMILES string of the molecule is CC1(C)O[C@H]([C@H]2CNC(=O)O2)[C@@H]([C@H]2CNC(=O)O2)O1. The molecular formula is C11H16N2O6. The van der Waals surface area contributed by atoms with E-state index in [1.165, 1.54) is 0 Å². The van der Waals surface area contributed by atoms with E-state index in [0.717, 1.165) is 0 Å². The second-order valence-corrected chi connectivity index (χ2v) is 5.21. The lowest BCUT2D eigenvalue weighted by molar-refractivity contribution is -0.157. The number of cyclic esters (lactones) is 2. The van der Waals surface area contributed by atoms with E-state index < -0.39 is 42.4 Å². The van der Waals surface area contributed by atoms with Crippen LogP contribution in [-0.4, -0.2) is 55.5 Å². The molecule has 0 saturated carbocycles. The van der Waals surface area contributed by atoms with E-state index in [4.69, 9.17) is 18.9 Å². The van der Waals surface area contributed by atoms with E-state index in [1.54, 1.807) is 13.8 Å². The van der Waals surface area contributed by atoms with Crippen molar-refractivity contribution in [2.24, 2.45) is 0 Å². The number of hydrogen-bond donors (Lipinski definition) is 2. The highest BCUT2D eigenvalue weighted by Crippen LogP contribution is 2.34. The second-order valence-electron chi connectivity index (χ2n) is 5.21. The summed E-state index contributed by atoms with van der Waals surface area (Å²) in [6, 6.07) is 0. The fourth-order valence-electron chi connectivity index (χ4n) is 2.57. The van der Waals surface area contributed by atoms with Crippen LogP contribution < -0.4 is 10.6 Å². The van der Waals surface area contributed by atoms with Crippen LogP contribution in [0, 0.1) is 0 Å². The Kier molecular flexibility index (Phi) is 2.79. The third kappa shape index (κ3) is 2.33. The van der Waals surface area contributed by atoms with Gasteiger partial charge >= 0.3 is 12.2 Å². The fourth-order valence-corrected chi connectivity index (χ4v) is 2.57. The summed E-state index contributed by atoms with van der Waals surface area (Å²) in [6.07, 6.45) is -2.77. The van der Waals surface area contributed by atoms with Crippen LogP contribution in [0.5, 0.6) is 0 Å². The highest BCUT2D eigenvalue weighted by Gasteiger charge is 2.53. The van der Waals surface area contributed by atoms with Crippen molar-refractivity contribution in [2.75, 3.05) is 13.1 Å². The summed E-state index contributed by atoms with van der Waals surface area (Å²) < 4.78 is 21.8. The molecule has 3 aliphatic rings. The number of alkyl carbamates (subject to hydrolysis) is 2. The molecule has 0 radical (unpaired) electrons. The Labute approximate surface area is 109 Å². The largest absolute Gasteiger partial charge is 0.441 e. The van der Waals surface area contributed by atoms with Crippen LogP contribution in [0.2, 0.25) is 0 Å². The minimum atomic E-state index is -0.806. The van der Waals surface area contributed by atoms with Crippen molar-refractivity contribution in [3.05, 3.63) is 0 Å². The van der Waals surface area contributed by atoms with E-state index in [0.29, 0.717) is 13.1 Å². The number of ether oxygens (including phenoxy) is 4. The van der Waals surface area contributed by atoms with E-state index >= 15 is 0 Å². The molecule has 0 bridgehead atoms. The van der Waals surface area contributed by atoms with Crippen molar-refractivity contribution in [3.63, 3.8) is 0 Å². The Morgan fingerprint density at radius 1 is 0.947 bits per heavy atom. The number of hydrogen-bond acceptors (Lipinski definition) is 6. The zero-order valence-corrected chi connectivity index (χ0v) is 10.7. The molecule has 0 aromatic rings. The van der Waals surface area contributed by atoms with Gasteiger partial charge in [0.2, 0.25) is 0 Å². The van der Waals surface area contributed by atoms with Gasteiger partial charge in [-0.2, -0.15) is 0 Å². The van der Waals surface area contributed by atoms with Crippen LogP contribution in [0.4, 0.5) is 9.59 Å². The Balaban J connectivity index is 1.76. The Bertz CT molecular complexity index is 376. The quantitative estimate of drug-likeness (QED) is 0.718. The molecule has 0 aliphatic carbocycles. The number of carbonyl (C=O) groups excluding carboxylic acids is 2. The van der Waals surface area contributed by atoms with Crippen LogP contribution in [0.3, 0.4) is 0 Å². The molecule has 3 heterocycles. The summed E-state index contributed by atoms with van der Waals surface area (Å²) in [4.78, 5) is 22.2. The average molecular weight is 272 g/mol. The first-order valence-electron chi connectivity index (χ1n) is 6.19. The van der Waals surface area contributed by atoms with Crippen molar-refractivity contribution >= 4 is 12.2 Å². The fraction of sp³-hybridized carbons (Fsp3) is 0.818. The molecule has 4 atom stereocenters. The van der Waals surface area contributed by atoms with Gasteiger partial charge in [-0.1, -0.05) is 0 Å². The van der Waals surface area contributed by atoms with E-state index in [2.05, 4.69) is 10.6 Å². The average Bonchev–Trinajstić information content (AvgIpc) is 2.98. The number of carbonyl (C=O) groups is 2. The summed E-state index contributed by atoms with van der Waals surface area (Å²) in [7, 11) is 0. The van der Waals surface area contributed by atoms with Crippen molar-refractivity contribution in [3.8, 4) is 0 Å². The molecule has 0 aromatic carbocycles. The molecule has 3 fully saturated rings. The lowest BCUT2D eigenvalue weighted by Crippen LogP contribution is -2.45. The van der Waals surface area contributed by atoms with Gasteiger partial charge in [0.25, 0.3) is 0 Å². The van der Waals surface area contributed by atoms with Gasteiger partial charge in [0.1, 0.15) is 24.4 Å². The van der Waals surface area contributed by atoms with Crippen molar-refractivity contribution in [2.45, 2.75) is 44.1 Å². The molecule has 3 aliphatic heterocycles. The number of rotatable bonds is 2. The van der Waals surface area contributed by atoms with Crippen LogP contribution in [0.1, 0.15) is 13.8 Å². The zero-order chi connectivity index (χ0) is 13.6. The Hall–Kier alpha value is -1.54. The number of nitrogens with one attached hydrogen (secondary N) is 2. The van der Waals surface area contributed by atoms with E-state index in [9.17, 15) is 9.59 Å². The van der Waals surface area contributed by atoms with Gasteiger partial charge in [-0.3, -0.25) is 0 Å². The normalized spacial score (nSPS) is 40.5. The Morgan fingerprint density at radius 2 is 1.37 bits per heavy atom. The molecular weight excluding hydrogens is 256 g/mol. The maximum atomic E-state index is 11.1. The highest BCUT2D eigenvalue weighted by molar-refractivity contribution is 5.70. The van der Waals surface area contributed by atoms with Gasteiger partial charge in [-0.05, 0) is 13.8 Å². The van der Waals surface area contributed by atoms with Crippen molar-refractivity contribution < 1.29 is 28.5 Å². The van der Waals surface area contributed by atoms with Gasteiger partial charge in [0, 0.05) is 0 Å². The minimum Gasteiger partial charge on any atom is -0.441 e. The predicted octanol–water partition coefficient (Wildman–Crippen LogP) is -0.277. The summed E-state index contributed by atoms with van der Waals surface area (Å²) in [6.45, 7) is 4.25. The molecule has 106 valence electrons. The lowest BCUT2D eigenvalue weighted by Gasteiger charge is -2.23. The first kappa shape index (κ1) is 12.5. The van der Waals surface area contributed by atoms with Gasteiger partial charge in [-0.25, -0.2) is 9.59 Å². The van der Waals surface area contributed by atoms with Crippen LogP contribution >= 0.6 is 0 Å². The highest BCUT2D eigenvalue weighted by atomic mass is 16.8. The molecule has 0 aromatic heterocycles.